The maximum atomic E-state index is 11.1. The van der Waals surface area contributed by atoms with Gasteiger partial charge in [-0.2, -0.15) is 0 Å². The molecule has 2 rings (SSSR count). The van der Waals surface area contributed by atoms with E-state index in [1.807, 2.05) is 18.4 Å². The molecule has 0 radical (unpaired) electrons. The number of aromatic nitrogens is 1. The number of rotatable bonds is 6. The summed E-state index contributed by atoms with van der Waals surface area (Å²) in [5, 5.41) is 16.9. The highest BCUT2D eigenvalue weighted by Crippen LogP contribution is 2.31. The third-order valence-corrected chi connectivity index (χ3v) is 4.52. The zero-order valence-corrected chi connectivity index (χ0v) is 12.9. The first kappa shape index (κ1) is 15.5. The van der Waals surface area contributed by atoms with Crippen LogP contribution in [0.3, 0.4) is 0 Å². The van der Waals surface area contributed by atoms with Crippen molar-refractivity contribution in [2.45, 2.75) is 25.8 Å². The quantitative estimate of drug-likeness (QED) is 0.623. The van der Waals surface area contributed by atoms with Crippen molar-refractivity contribution in [3.05, 3.63) is 43.7 Å². The van der Waals surface area contributed by atoms with Crippen molar-refractivity contribution in [3.8, 4) is 0 Å². The molecule has 3 N–H and O–H groups in total. The standard InChI is InChI=1S/C13H15ClN4O2S/c1-2-8(7-11-9(14)4-6-21-11)17-10-3-5-16-13(15)12(10)18(19)20/h3-6,8H,2,7H2,1H3,(H3,15,16,17). The van der Waals surface area contributed by atoms with Gasteiger partial charge in [0.1, 0.15) is 5.69 Å². The minimum absolute atomic E-state index is 0.0293. The van der Waals surface area contributed by atoms with Crippen molar-refractivity contribution >= 4 is 40.1 Å². The SMILES string of the molecule is CCC(Cc1sccc1Cl)Nc1ccnc(N)c1[N+](=O)[O-]. The van der Waals surface area contributed by atoms with E-state index in [2.05, 4.69) is 10.3 Å². The van der Waals surface area contributed by atoms with E-state index in [1.54, 1.807) is 17.4 Å². The van der Waals surface area contributed by atoms with Gasteiger partial charge in [0.2, 0.25) is 5.82 Å². The molecule has 0 saturated heterocycles. The highest BCUT2D eigenvalue weighted by molar-refractivity contribution is 7.10. The summed E-state index contributed by atoms with van der Waals surface area (Å²) < 4.78 is 0. The number of anilines is 2. The summed E-state index contributed by atoms with van der Waals surface area (Å²) in [5.74, 6) is -0.0889. The van der Waals surface area contributed by atoms with Crippen LogP contribution in [0.2, 0.25) is 5.02 Å². The Morgan fingerprint density at radius 3 is 2.90 bits per heavy atom. The van der Waals surface area contributed by atoms with Gasteiger partial charge in [0.15, 0.2) is 0 Å². The van der Waals surface area contributed by atoms with Crippen molar-refractivity contribution < 1.29 is 4.92 Å². The van der Waals surface area contributed by atoms with Gasteiger partial charge >= 0.3 is 5.69 Å². The summed E-state index contributed by atoms with van der Waals surface area (Å²) in [6.45, 7) is 2.01. The molecule has 21 heavy (non-hydrogen) atoms. The Hall–Kier alpha value is -1.86. The molecule has 2 aromatic rings. The Morgan fingerprint density at radius 2 is 2.33 bits per heavy atom. The topological polar surface area (TPSA) is 94.1 Å². The largest absolute Gasteiger partial charge is 0.378 e. The number of pyridine rings is 1. The average molecular weight is 327 g/mol. The van der Waals surface area contributed by atoms with Gasteiger partial charge in [-0.05, 0) is 23.9 Å². The monoisotopic (exact) mass is 326 g/mol. The van der Waals surface area contributed by atoms with Crippen LogP contribution >= 0.6 is 22.9 Å². The van der Waals surface area contributed by atoms with Gasteiger partial charge in [-0.25, -0.2) is 4.98 Å². The van der Waals surface area contributed by atoms with E-state index in [9.17, 15) is 10.1 Å². The molecule has 0 bridgehead atoms. The fraction of sp³-hybridized carbons (Fsp3) is 0.308. The van der Waals surface area contributed by atoms with E-state index in [0.29, 0.717) is 12.1 Å². The molecule has 0 aliphatic heterocycles. The average Bonchev–Trinajstić information content (AvgIpc) is 2.83. The number of halogens is 1. The van der Waals surface area contributed by atoms with E-state index in [1.165, 1.54) is 6.20 Å². The number of nitrogens with one attached hydrogen (secondary N) is 1. The first-order valence-electron chi connectivity index (χ1n) is 6.40. The second-order valence-corrected chi connectivity index (χ2v) is 5.90. The molecule has 2 aromatic heterocycles. The first-order chi connectivity index (χ1) is 10.0. The number of nitrogens with zero attached hydrogens (tertiary/aromatic N) is 2. The molecule has 1 atom stereocenters. The molecule has 0 aliphatic rings. The van der Waals surface area contributed by atoms with Crippen molar-refractivity contribution in [2.24, 2.45) is 0 Å². The maximum Gasteiger partial charge on any atom is 0.333 e. The third-order valence-electron chi connectivity index (χ3n) is 3.11. The summed E-state index contributed by atoms with van der Waals surface area (Å²) in [4.78, 5) is 15.4. The lowest BCUT2D eigenvalue weighted by molar-refractivity contribution is -0.383. The molecule has 8 heteroatoms. The Morgan fingerprint density at radius 1 is 1.57 bits per heavy atom. The third kappa shape index (κ3) is 3.62. The molecule has 112 valence electrons. The fourth-order valence-corrected chi connectivity index (χ4v) is 3.19. The van der Waals surface area contributed by atoms with E-state index in [4.69, 9.17) is 17.3 Å². The van der Waals surface area contributed by atoms with Gasteiger partial charge in [0.25, 0.3) is 0 Å². The fourth-order valence-electron chi connectivity index (χ4n) is 1.99. The Bertz CT molecular complexity index is 647. The second kappa shape index (κ2) is 6.73. The van der Waals surface area contributed by atoms with Crippen LogP contribution in [0.5, 0.6) is 0 Å². The van der Waals surface area contributed by atoms with E-state index in [0.717, 1.165) is 16.3 Å². The smallest absolute Gasteiger partial charge is 0.333 e. The van der Waals surface area contributed by atoms with Gasteiger partial charge in [-0.1, -0.05) is 18.5 Å². The number of nitrogen functional groups attached to an aromatic ring is 1. The number of thiophene rings is 1. The molecule has 0 aliphatic carbocycles. The molecule has 6 nitrogen and oxygen atoms in total. The normalized spacial score (nSPS) is 12.1. The van der Waals surface area contributed by atoms with E-state index in [-0.39, 0.29) is 17.5 Å². The molecular weight excluding hydrogens is 312 g/mol. The molecule has 0 spiro atoms. The molecule has 0 saturated carbocycles. The Labute approximate surface area is 131 Å². The van der Waals surface area contributed by atoms with Crippen LogP contribution in [0.4, 0.5) is 17.2 Å². The summed E-state index contributed by atoms with van der Waals surface area (Å²) in [5.41, 5.74) is 5.78. The Balaban J connectivity index is 2.21. The molecule has 2 heterocycles. The van der Waals surface area contributed by atoms with Gasteiger partial charge < -0.3 is 11.1 Å². The lowest BCUT2D eigenvalue weighted by Crippen LogP contribution is -2.22. The van der Waals surface area contributed by atoms with Crippen LogP contribution in [0.25, 0.3) is 0 Å². The lowest BCUT2D eigenvalue weighted by atomic mass is 10.1. The molecular formula is C13H15ClN4O2S. The van der Waals surface area contributed by atoms with Gasteiger partial charge in [0, 0.05) is 23.5 Å². The number of hydrogen-bond acceptors (Lipinski definition) is 6. The number of nitro groups is 1. The van der Waals surface area contributed by atoms with Crippen LogP contribution in [0.15, 0.2) is 23.7 Å². The zero-order valence-electron chi connectivity index (χ0n) is 11.4. The first-order valence-corrected chi connectivity index (χ1v) is 7.66. The predicted octanol–water partition coefficient (Wildman–Crippen LogP) is 3.72. The van der Waals surface area contributed by atoms with Gasteiger partial charge in [0.05, 0.1) is 9.95 Å². The van der Waals surface area contributed by atoms with Crippen molar-refractivity contribution in [1.82, 2.24) is 4.98 Å². The van der Waals surface area contributed by atoms with Crippen LogP contribution in [0.1, 0.15) is 18.2 Å². The molecule has 0 amide bonds. The second-order valence-electron chi connectivity index (χ2n) is 4.49. The molecule has 0 fully saturated rings. The summed E-state index contributed by atoms with van der Waals surface area (Å²) >= 11 is 7.67. The van der Waals surface area contributed by atoms with Crippen LogP contribution in [-0.4, -0.2) is 15.9 Å². The van der Waals surface area contributed by atoms with E-state index < -0.39 is 4.92 Å². The molecule has 1 unspecified atom stereocenters. The van der Waals surface area contributed by atoms with Crippen molar-refractivity contribution in [3.63, 3.8) is 0 Å². The number of hydrogen-bond donors (Lipinski definition) is 2. The molecule has 0 aromatic carbocycles. The minimum atomic E-state index is -0.518. The van der Waals surface area contributed by atoms with Gasteiger partial charge in [-0.15, -0.1) is 11.3 Å². The van der Waals surface area contributed by atoms with Crippen molar-refractivity contribution in [1.29, 1.82) is 0 Å². The Kier molecular flexibility index (Phi) is 4.98. The summed E-state index contributed by atoms with van der Waals surface area (Å²) in [6.07, 6.45) is 2.95. The van der Waals surface area contributed by atoms with Crippen LogP contribution in [-0.2, 0) is 6.42 Å². The highest BCUT2D eigenvalue weighted by atomic mass is 35.5. The minimum Gasteiger partial charge on any atom is -0.378 e. The van der Waals surface area contributed by atoms with Crippen LogP contribution in [0, 0.1) is 10.1 Å². The zero-order chi connectivity index (χ0) is 15.4. The highest BCUT2D eigenvalue weighted by Gasteiger charge is 2.21. The summed E-state index contributed by atoms with van der Waals surface area (Å²) in [6, 6.07) is 3.44. The van der Waals surface area contributed by atoms with Crippen LogP contribution < -0.4 is 11.1 Å². The number of nitrogens with two attached hydrogens (primary N) is 1. The maximum absolute atomic E-state index is 11.1. The van der Waals surface area contributed by atoms with E-state index >= 15 is 0 Å². The van der Waals surface area contributed by atoms with Gasteiger partial charge in [-0.3, -0.25) is 10.1 Å². The summed E-state index contributed by atoms with van der Waals surface area (Å²) in [7, 11) is 0. The lowest BCUT2D eigenvalue weighted by Gasteiger charge is -2.18. The van der Waals surface area contributed by atoms with Crippen molar-refractivity contribution in [2.75, 3.05) is 11.1 Å². The predicted molar refractivity (Wildman–Crippen MR) is 86.0 cm³/mol.